The fraction of sp³-hybridized carbons (Fsp3) is 0.583. The molecule has 0 spiro atoms. The van der Waals surface area contributed by atoms with Gasteiger partial charge in [0.15, 0.2) is 5.82 Å². The summed E-state index contributed by atoms with van der Waals surface area (Å²) in [4.78, 5) is 18.2. The number of aromatic nitrogens is 5. The van der Waals surface area contributed by atoms with Gasteiger partial charge >= 0.3 is 0 Å². The first-order chi connectivity index (χ1) is 16.0. The summed E-state index contributed by atoms with van der Waals surface area (Å²) in [5, 5.41) is 23.2. The van der Waals surface area contributed by atoms with Crippen LogP contribution in [0.2, 0.25) is 0 Å². The Labute approximate surface area is 193 Å². The number of tetrazole rings is 1. The van der Waals surface area contributed by atoms with E-state index in [2.05, 4.69) is 39.3 Å². The number of rotatable bonds is 10. The van der Waals surface area contributed by atoms with Crippen LogP contribution in [0, 0.1) is 12.8 Å². The predicted octanol–water partition coefficient (Wildman–Crippen LogP) is 2.58. The van der Waals surface area contributed by atoms with E-state index in [0.29, 0.717) is 31.6 Å². The number of para-hydroxylation sites is 1. The molecule has 4 rings (SSSR count). The van der Waals surface area contributed by atoms with Crippen molar-refractivity contribution < 1.29 is 9.84 Å². The summed E-state index contributed by atoms with van der Waals surface area (Å²) >= 11 is 0. The highest BCUT2D eigenvalue weighted by atomic mass is 16.5. The number of hydrogen-bond donors (Lipinski definition) is 2. The van der Waals surface area contributed by atoms with Crippen molar-refractivity contribution in [2.24, 2.45) is 5.92 Å². The molecule has 2 N–H and O–H groups in total. The summed E-state index contributed by atoms with van der Waals surface area (Å²) in [7, 11) is 0. The Hall–Kier alpha value is -2.62. The molecule has 2 aromatic heterocycles. The second-order valence-electron chi connectivity index (χ2n) is 9.25. The number of pyridine rings is 1. The first-order valence-electron chi connectivity index (χ1n) is 11.8. The minimum Gasteiger partial charge on any atom is -0.396 e. The summed E-state index contributed by atoms with van der Waals surface area (Å²) in [6.07, 6.45) is 2.78. The third-order valence-electron chi connectivity index (χ3n) is 6.39. The van der Waals surface area contributed by atoms with E-state index >= 15 is 0 Å². The number of nitrogens with zero attached hydrogens (tertiary/aromatic N) is 5. The van der Waals surface area contributed by atoms with E-state index in [0.717, 1.165) is 41.7 Å². The standard InChI is InChI=1S/C24H34N6O3/c1-16(2)22(23-26-27-28-30(23)15-20-9-5-12-33-20)29(10-6-11-31)14-19-13-18-8-4-7-17(3)21(18)25-24(19)32/h4,7-8,13,16,20,22,31H,5-6,9-12,14-15H2,1-3H3,(H,25,32). The third kappa shape index (κ3) is 5.31. The molecule has 1 aliphatic heterocycles. The van der Waals surface area contributed by atoms with Crippen molar-refractivity contribution in [3.63, 3.8) is 0 Å². The predicted molar refractivity (Wildman–Crippen MR) is 126 cm³/mol. The van der Waals surface area contributed by atoms with Gasteiger partial charge < -0.3 is 14.8 Å². The van der Waals surface area contributed by atoms with Crippen LogP contribution in [-0.2, 0) is 17.8 Å². The average molecular weight is 455 g/mol. The van der Waals surface area contributed by atoms with E-state index in [1.54, 1.807) is 0 Å². The molecule has 33 heavy (non-hydrogen) atoms. The van der Waals surface area contributed by atoms with E-state index < -0.39 is 0 Å². The molecule has 1 saturated heterocycles. The first-order valence-corrected chi connectivity index (χ1v) is 11.8. The minimum absolute atomic E-state index is 0.0788. The molecule has 1 aliphatic rings. The van der Waals surface area contributed by atoms with Gasteiger partial charge in [-0.1, -0.05) is 32.0 Å². The first kappa shape index (κ1) is 23.5. The highest BCUT2D eigenvalue weighted by Gasteiger charge is 2.30. The molecule has 0 bridgehead atoms. The lowest BCUT2D eigenvalue weighted by Gasteiger charge is -2.33. The topological polar surface area (TPSA) is 109 Å². The number of benzene rings is 1. The normalized spacial score (nSPS) is 17.5. The molecule has 0 amide bonds. The molecular formula is C24H34N6O3. The highest BCUT2D eigenvalue weighted by molar-refractivity contribution is 5.81. The number of aliphatic hydroxyl groups is 1. The van der Waals surface area contributed by atoms with Gasteiger partial charge in [-0.2, -0.15) is 0 Å². The molecule has 2 atom stereocenters. The number of H-pyrrole nitrogens is 1. The molecule has 3 heterocycles. The van der Waals surface area contributed by atoms with Gasteiger partial charge in [0.2, 0.25) is 0 Å². The van der Waals surface area contributed by atoms with Gasteiger partial charge in [0.05, 0.1) is 24.2 Å². The zero-order chi connectivity index (χ0) is 23.4. The van der Waals surface area contributed by atoms with Gasteiger partial charge in [-0.3, -0.25) is 9.69 Å². The molecule has 9 heteroatoms. The minimum atomic E-state index is -0.111. The zero-order valence-corrected chi connectivity index (χ0v) is 19.7. The Morgan fingerprint density at radius 3 is 2.94 bits per heavy atom. The molecule has 1 aromatic carbocycles. The quantitative estimate of drug-likeness (QED) is 0.485. The lowest BCUT2D eigenvalue weighted by atomic mass is 10.00. The molecule has 0 aliphatic carbocycles. The maximum Gasteiger partial charge on any atom is 0.252 e. The Morgan fingerprint density at radius 2 is 2.21 bits per heavy atom. The second kappa shape index (κ2) is 10.5. The molecular weight excluding hydrogens is 420 g/mol. The zero-order valence-electron chi connectivity index (χ0n) is 19.7. The highest BCUT2D eigenvalue weighted by Crippen LogP contribution is 2.29. The summed E-state index contributed by atoms with van der Waals surface area (Å²) in [6.45, 7) is 8.80. The number of aliphatic hydroxyl groups excluding tert-OH is 1. The molecule has 3 aromatic rings. The Bertz CT molecular complexity index is 1120. The smallest absolute Gasteiger partial charge is 0.252 e. The average Bonchev–Trinajstić information content (AvgIpc) is 3.46. The molecule has 9 nitrogen and oxygen atoms in total. The van der Waals surface area contributed by atoms with E-state index in [1.807, 2.05) is 35.9 Å². The lowest BCUT2D eigenvalue weighted by Crippen LogP contribution is -2.37. The molecule has 2 unspecified atom stereocenters. The van der Waals surface area contributed by atoms with Crippen LogP contribution in [0.5, 0.6) is 0 Å². The molecule has 1 fully saturated rings. The van der Waals surface area contributed by atoms with Crippen LogP contribution in [0.4, 0.5) is 0 Å². The van der Waals surface area contributed by atoms with Gasteiger partial charge in [0, 0.05) is 31.9 Å². The van der Waals surface area contributed by atoms with E-state index in [9.17, 15) is 9.90 Å². The lowest BCUT2D eigenvalue weighted by molar-refractivity contribution is 0.0851. The number of ether oxygens (including phenoxy) is 1. The largest absolute Gasteiger partial charge is 0.396 e. The van der Waals surface area contributed by atoms with Crippen molar-refractivity contribution in [1.29, 1.82) is 0 Å². The van der Waals surface area contributed by atoms with Crippen LogP contribution in [0.15, 0.2) is 29.1 Å². The molecule has 0 saturated carbocycles. The summed E-state index contributed by atoms with van der Waals surface area (Å²) < 4.78 is 7.65. The number of aromatic amines is 1. The van der Waals surface area contributed by atoms with Crippen molar-refractivity contribution >= 4 is 10.9 Å². The second-order valence-corrected chi connectivity index (χ2v) is 9.25. The number of aryl methyl sites for hydroxylation is 1. The number of hydrogen-bond acceptors (Lipinski definition) is 7. The third-order valence-corrected chi connectivity index (χ3v) is 6.39. The van der Waals surface area contributed by atoms with Crippen LogP contribution in [-0.4, -0.2) is 61.1 Å². The summed E-state index contributed by atoms with van der Waals surface area (Å²) in [5.41, 5.74) is 2.51. The van der Waals surface area contributed by atoms with Gasteiger partial charge in [0.1, 0.15) is 0 Å². The van der Waals surface area contributed by atoms with Crippen LogP contribution in [0.3, 0.4) is 0 Å². The van der Waals surface area contributed by atoms with Gasteiger partial charge in [-0.25, -0.2) is 4.68 Å². The Kier molecular flexibility index (Phi) is 7.52. The Morgan fingerprint density at radius 1 is 1.36 bits per heavy atom. The van der Waals surface area contributed by atoms with Crippen LogP contribution < -0.4 is 5.56 Å². The Balaban J connectivity index is 1.67. The van der Waals surface area contributed by atoms with Gasteiger partial charge in [-0.15, -0.1) is 5.10 Å². The van der Waals surface area contributed by atoms with Gasteiger partial charge in [-0.05, 0) is 59.5 Å². The van der Waals surface area contributed by atoms with Crippen LogP contribution >= 0.6 is 0 Å². The van der Waals surface area contributed by atoms with Crippen molar-refractivity contribution in [2.45, 2.75) is 65.3 Å². The van der Waals surface area contributed by atoms with E-state index in [-0.39, 0.29) is 30.2 Å². The van der Waals surface area contributed by atoms with Crippen molar-refractivity contribution in [1.82, 2.24) is 30.1 Å². The number of fused-ring (bicyclic) bond motifs is 1. The van der Waals surface area contributed by atoms with Crippen molar-refractivity contribution in [3.8, 4) is 0 Å². The van der Waals surface area contributed by atoms with E-state index in [1.165, 1.54) is 0 Å². The van der Waals surface area contributed by atoms with Crippen LogP contribution in [0.1, 0.15) is 56.1 Å². The summed E-state index contributed by atoms with van der Waals surface area (Å²) in [6, 6.07) is 7.87. The summed E-state index contributed by atoms with van der Waals surface area (Å²) in [5.74, 6) is 0.964. The van der Waals surface area contributed by atoms with E-state index in [4.69, 9.17) is 4.74 Å². The van der Waals surface area contributed by atoms with Gasteiger partial charge in [0.25, 0.3) is 5.56 Å². The maximum absolute atomic E-state index is 13.0. The molecule has 0 radical (unpaired) electrons. The SMILES string of the molecule is Cc1cccc2cc(CN(CCCO)C(c3nnnn3CC3CCCO3)C(C)C)c(=O)[nH]c12. The fourth-order valence-corrected chi connectivity index (χ4v) is 4.77. The monoisotopic (exact) mass is 454 g/mol. The fourth-order valence-electron chi connectivity index (χ4n) is 4.77. The maximum atomic E-state index is 13.0. The van der Waals surface area contributed by atoms with Crippen molar-refractivity contribution in [2.75, 3.05) is 19.8 Å². The van der Waals surface area contributed by atoms with Crippen LogP contribution in [0.25, 0.3) is 10.9 Å². The number of nitrogens with one attached hydrogen (secondary N) is 1. The van der Waals surface area contributed by atoms with Crippen molar-refractivity contribution in [3.05, 3.63) is 51.6 Å². The molecule has 178 valence electrons.